The number of hydrogen-bond donors (Lipinski definition) is 2. The normalized spacial score (nSPS) is 16.0. The van der Waals surface area contributed by atoms with Crippen LogP contribution in [-0.4, -0.2) is 84.5 Å². The van der Waals surface area contributed by atoms with Gasteiger partial charge in [0.05, 0.1) is 29.8 Å². The number of amides is 1. The smallest absolute Gasteiger partial charge is 0.260 e. The Morgan fingerprint density at radius 3 is 2.46 bits per heavy atom. The van der Waals surface area contributed by atoms with Gasteiger partial charge < -0.3 is 29.7 Å². The average molecular weight is 604 g/mol. The molecule has 0 atom stereocenters. The van der Waals surface area contributed by atoms with E-state index in [4.69, 9.17) is 42.4 Å². The SMILES string of the molecule is C=CC(=O)N1CC(NCCn2c(=O)c(-c3c(Cl)c(OC)cc(OC)c3Cl)cc3cnc(NC4CCOCC4)nc32)C1. The maximum atomic E-state index is 14.1. The van der Waals surface area contributed by atoms with Crippen molar-refractivity contribution < 1.29 is 19.0 Å². The summed E-state index contributed by atoms with van der Waals surface area (Å²) < 4.78 is 17.9. The summed E-state index contributed by atoms with van der Waals surface area (Å²) in [5.41, 5.74) is 0.723. The quantitative estimate of drug-likeness (QED) is 0.336. The number of anilines is 1. The first-order valence-electron chi connectivity index (χ1n) is 13.3. The van der Waals surface area contributed by atoms with E-state index in [9.17, 15) is 9.59 Å². The molecule has 3 aromatic rings. The number of halogens is 2. The molecule has 2 aliphatic heterocycles. The van der Waals surface area contributed by atoms with Crippen LogP contribution < -0.4 is 25.7 Å². The van der Waals surface area contributed by atoms with Gasteiger partial charge in [-0.1, -0.05) is 29.8 Å². The molecule has 41 heavy (non-hydrogen) atoms. The Labute approximate surface area is 247 Å². The second kappa shape index (κ2) is 12.6. The minimum atomic E-state index is -0.328. The first-order valence-corrected chi connectivity index (χ1v) is 14.1. The predicted octanol–water partition coefficient (Wildman–Crippen LogP) is 3.36. The fraction of sp³-hybridized carbons (Fsp3) is 0.429. The summed E-state index contributed by atoms with van der Waals surface area (Å²) in [6.45, 7) is 6.81. The molecule has 0 spiro atoms. The molecule has 2 saturated heterocycles. The lowest BCUT2D eigenvalue weighted by Crippen LogP contribution is -2.59. The van der Waals surface area contributed by atoms with E-state index in [2.05, 4.69) is 22.2 Å². The van der Waals surface area contributed by atoms with Crippen molar-refractivity contribution in [1.29, 1.82) is 0 Å². The highest BCUT2D eigenvalue weighted by Gasteiger charge is 2.29. The van der Waals surface area contributed by atoms with Crippen LogP contribution in [0.1, 0.15) is 12.8 Å². The minimum absolute atomic E-state index is 0.0957. The van der Waals surface area contributed by atoms with Gasteiger partial charge in [-0.15, -0.1) is 0 Å². The van der Waals surface area contributed by atoms with E-state index in [0.717, 1.165) is 12.8 Å². The highest BCUT2D eigenvalue weighted by Crippen LogP contribution is 2.45. The van der Waals surface area contributed by atoms with Crippen LogP contribution in [0.4, 0.5) is 5.95 Å². The summed E-state index contributed by atoms with van der Waals surface area (Å²) in [7, 11) is 2.96. The van der Waals surface area contributed by atoms with Crippen LogP contribution in [0, 0.1) is 0 Å². The number of likely N-dealkylation sites (tertiary alicyclic amines) is 1. The van der Waals surface area contributed by atoms with Crippen LogP contribution in [-0.2, 0) is 16.1 Å². The Hall–Kier alpha value is -3.38. The van der Waals surface area contributed by atoms with Crippen molar-refractivity contribution >= 4 is 46.1 Å². The number of pyridine rings is 1. The van der Waals surface area contributed by atoms with Gasteiger partial charge in [-0.25, -0.2) is 4.98 Å². The molecule has 0 bridgehead atoms. The molecule has 2 aromatic heterocycles. The third-order valence-corrected chi connectivity index (χ3v) is 8.11. The summed E-state index contributed by atoms with van der Waals surface area (Å²) in [5, 5.41) is 7.81. The van der Waals surface area contributed by atoms with E-state index in [-0.39, 0.29) is 39.2 Å². The van der Waals surface area contributed by atoms with Gasteiger partial charge >= 0.3 is 0 Å². The molecule has 4 heterocycles. The largest absolute Gasteiger partial charge is 0.495 e. The molecule has 1 aromatic carbocycles. The topological polar surface area (TPSA) is 120 Å². The molecule has 0 aliphatic carbocycles. The zero-order valence-electron chi connectivity index (χ0n) is 22.9. The highest BCUT2D eigenvalue weighted by molar-refractivity contribution is 6.41. The Bertz CT molecular complexity index is 1490. The van der Waals surface area contributed by atoms with Crippen molar-refractivity contribution in [2.45, 2.75) is 31.5 Å². The molecule has 13 heteroatoms. The Morgan fingerprint density at radius 1 is 1.15 bits per heavy atom. The van der Waals surface area contributed by atoms with Crippen molar-refractivity contribution in [2.75, 3.05) is 52.4 Å². The number of fused-ring (bicyclic) bond motifs is 1. The maximum absolute atomic E-state index is 14.1. The molecule has 2 N–H and O–H groups in total. The number of hydrogen-bond acceptors (Lipinski definition) is 9. The second-order valence-electron chi connectivity index (χ2n) is 9.90. The van der Waals surface area contributed by atoms with Gasteiger partial charge in [-0.2, -0.15) is 4.98 Å². The van der Waals surface area contributed by atoms with Crippen LogP contribution in [0.25, 0.3) is 22.2 Å². The van der Waals surface area contributed by atoms with Gasteiger partial charge in [0.25, 0.3) is 5.56 Å². The number of rotatable bonds is 10. The van der Waals surface area contributed by atoms with Crippen molar-refractivity contribution in [3.8, 4) is 22.6 Å². The number of aromatic nitrogens is 3. The standard InChI is InChI=1S/C28H32Cl2N6O5/c1-4-22(37)35-14-18(15-35)31-7-8-36-26-16(13-32-28(34-26)33-17-5-9-41-10-6-17)11-19(27(36)38)23-24(29)20(39-2)12-21(40-3)25(23)30/h4,11-13,17-18,31H,1,5-10,14-15H2,2-3H3,(H,32,33,34). The lowest BCUT2D eigenvalue weighted by atomic mass is 10.0. The van der Waals surface area contributed by atoms with Gasteiger partial charge in [0.2, 0.25) is 11.9 Å². The molecule has 218 valence electrons. The van der Waals surface area contributed by atoms with E-state index in [0.29, 0.717) is 73.4 Å². The number of methoxy groups -OCH3 is 2. The zero-order chi connectivity index (χ0) is 29.1. The lowest BCUT2D eigenvalue weighted by Gasteiger charge is -2.39. The summed E-state index contributed by atoms with van der Waals surface area (Å²) in [6.07, 6.45) is 4.68. The van der Waals surface area contributed by atoms with E-state index < -0.39 is 0 Å². The van der Waals surface area contributed by atoms with Gasteiger partial charge in [0.15, 0.2) is 0 Å². The molecule has 2 fully saturated rings. The summed E-state index contributed by atoms with van der Waals surface area (Å²) in [6, 6.07) is 3.57. The van der Waals surface area contributed by atoms with Crippen LogP contribution in [0.5, 0.6) is 11.5 Å². The highest BCUT2D eigenvalue weighted by atomic mass is 35.5. The molecular weight excluding hydrogens is 571 g/mol. The summed E-state index contributed by atoms with van der Waals surface area (Å²) >= 11 is 13.4. The number of benzene rings is 1. The van der Waals surface area contributed by atoms with Crippen LogP contribution >= 0.6 is 23.2 Å². The van der Waals surface area contributed by atoms with Crippen LogP contribution in [0.3, 0.4) is 0 Å². The first kappa shape index (κ1) is 29.1. The number of carbonyl (C=O) groups excluding carboxylic acids is 1. The third-order valence-electron chi connectivity index (χ3n) is 7.36. The number of nitrogens with one attached hydrogen (secondary N) is 2. The molecule has 1 amide bonds. The molecule has 0 radical (unpaired) electrons. The molecule has 5 rings (SSSR count). The summed E-state index contributed by atoms with van der Waals surface area (Å²) in [5.74, 6) is 0.995. The molecule has 0 unspecified atom stereocenters. The molecule has 2 aliphatic rings. The van der Waals surface area contributed by atoms with E-state index >= 15 is 0 Å². The van der Waals surface area contributed by atoms with Gasteiger partial charge in [0.1, 0.15) is 17.1 Å². The Kier molecular flexibility index (Phi) is 8.98. The third kappa shape index (κ3) is 5.99. The van der Waals surface area contributed by atoms with Gasteiger partial charge in [-0.05, 0) is 25.0 Å². The number of nitrogens with zero attached hydrogens (tertiary/aromatic N) is 4. The van der Waals surface area contributed by atoms with Crippen LogP contribution in [0.2, 0.25) is 10.0 Å². The van der Waals surface area contributed by atoms with E-state index in [1.165, 1.54) is 20.3 Å². The first-order chi connectivity index (χ1) is 19.8. The number of ether oxygens (including phenoxy) is 3. The maximum Gasteiger partial charge on any atom is 0.260 e. The molecule has 11 nitrogen and oxygen atoms in total. The fourth-order valence-corrected chi connectivity index (χ4v) is 5.76. The van der Waals surface area contributed by atoms with Crippen molar-refractivity contribution in [3.05, 3.63) is 51.4 Å². The van der Waals surface area contributed by atoms with Crippen molar-refractivity contribution in [1.82, 2.24) is 24.8 Å². The van der Waals surface area contributed by atoms with Gasteiger partial charge in [0, 0.05) is 74.7 Å². The average Bonchev–Trinajstić information content (AvgIpc) is 2.96. The number of carbonyl (C=O) groups is 1. The summed E-state index contributed by atoms with van der Waals surface area (Å²) in [4.78, 5) is 36.9. The Balaban J connectivity index is 1.53. The van der Waals surface area contributed by atoms with E-state index in [1.54, 1.807) is 27.8 Å². The van der Waals surface area contributed by atoms with E-state index in [1.807, 2.05) is 0 Å². The van der Waals surface area contributed by atoms with Crippen molar-refractivity contribution in [3.63, 3.8) is 0 Å². The minimum Gasteiger partial charge on any atom is -0.495 e. The zero-order valence-corrected chi connectivity index (χ0v) is 24.4. The molecule has 0 saturated carbocycles. The Morgan fingerprint density at radius 2 is 1.83 bits per heavy atom. The monoisotopic (exact) mass is 602 g/mol. The lowest BCUT2D eigenvalue weighted by molar-refractivity contribution is -0.130. The predicted molar refractivity (Wildman–Crippen MR) is 158 cm³/mol. The van der Waals surface area contributed by atoms with Crippen molar-refractivity contribution in [2.24, 2.45) is 0 Å². The second-order valence-corrected chi connectivity index (χ2v) is 10.7. The van der Waals surface area contributed by atoms with Crippen LogP contribution in [0.15, 0.2) is 35.8 Å². The fourth-order valence-electron chi connectivity index (χ4n) is 5.06. The molecular formula is C28H32Cl2N6O5. The van der Waals surface area contributed by atoms with Gasteiger partial charge in [-0.3, -0.25) is 14.2 Å².